The van der Waals surface area contributed by atoms with Crippen LogP contribution in [0.1, 0.15) is 15.9 Å². The number of nitrogens with zero attached hydrogens (tertiary/aromatic N) is 1. The Kier molecular flexibility index (Phi) is 2.41. The van der Waals surface area contributed by atoms with Gasteiger partial charge in [-0.3, -0.25) is 4.79 Å². The van der Waals surface area contributed by atoms with Crippen molar-refractivity contribution in [2.24, 2.45) is 0 Å². The van der Waals surface area contributed by atoms with Gasteiger partial charge in [-0.15, -0.1) is 0 Å². The number of aliphatic carboxylic acids is 1. The number of benzene rings is 1. The van der Waals surface area contributed by atoms with E-state index < -0.39 is 11.8 Å². The third kappa shape index (κ3) is 1.71. The summed E-state index contributed by atoms with van der Waals surface area (Å²) in [6, 6.07) is 7.54. The monoisotopic (exact) mass is 177 g/mol. The molecule has 0 heterocycles. The molecule has 0 bridgehead atoms. The number of rotatable bonds is 2. The molecule has 0 aliphatic rings. The summed E-state index contributed by atoms with van der Waals surface area (Å²) < 4.78 is 0. The largest absolute Gasteiger partial charge is 0.475 e. The molecule has 1 rings (SSSR count). The summed E-state index contributed by atoms with van der Waals surface area (Å²) in [5, 5.41) is 17.0. The van der Waals surface area contributed by atoms with Crippen molar-refractivity contribution in [3.63, 3.8) is 0 Å². The molecule has 1 aromatic carbocycles. The van der Waals surface area contributed by atoms with Gasteiger partial charge in [-0.1, -0.05) is 12.1 Å². The molecule has 0 atom stereocenters. The van der Waals surface area contributed by atoms with Gasteiger partial charge in [0.1, 0.15) is 0 Å². The van der Waals surface area contributed by atoms with Crippen molar-refractivity contribution in [1.29, 1.82) is 5.26 Å². The van der Waals surface area contributed by atoms with E-state index in [-0.39, 0.29) is 11.1 Å². The second-order valence-corrected chi connectivity index (χ2v) is 2.29. The fourth-order valence-corrected chi connectivity index (χ4v) is 0.894. The van der Waals surface area contributed by atoms with Crippen LogP contribution in [-0.4, -0.2) is 16.9 Å². The average Bonchev–Trinajstić information content (AvgIpc) is 2.16. The van der Waals surface area contributed by atoms with Gasteiger partial charge in [0.15, 0.2) is 0 Å². The smallest absolute Gasteiger partial charge is 0.377 e. The van der Waals surface area contributed by atoms with Crippen LogP contribution in [0.3, 0.4) is 0 Å². The zero-order valence-corrected chi connectivity index (χ0v) is 6.52. The van der Waals surface area contributed by atoms with Crippen LogP contribution >= 0.6 is 0 Å². The Morgan fingerprint density at radius 1 is 1.31 bits per heavy atom. The van der Waals surface area contributed by atoms with E-state index in [2.05, 4.69) is 0 Å². The number of carbonyl (C=O) groups excluding carboxylic acids is 1. The highest BCUT2D eigenvalue weighted by Gasteiger charge is 2.17. The molecule has 0 spiro atoms. The summed E-state index contributed by atoms with van der Waals surface area (Å²) in [6.45, 7) is 0. The lowest BCUT2D eigenvalue weighted by Gasteiger charge is -1.96. The molecule has 64 valence electrons. The van der Waals surface area contributed by atoms with Gasteiger partial charge in [0.25, 0.3) is 5.78 Å². The summed E-state index contributed by atoms with van der Waals surface area (Å²) >= 11 is 0. The summed E-state index contributed by atoms with van der Waals surface area (Å²) in [5.41, 5.74) is 0.00685. The van der Waals surface area contributed by atoms with Gasteiger partial charge < -0.3 is 5.11 Å². The third-order valence-corrected chi connectivity index (χ3v) is 1.49. The van der Waals surface area contributed by atoms with Crippen LogP contribution < -0.4 is 0 Å². The van der Waals surface area contributed by atoms with E-state index in [1.165, 1.54) is 18.2 Å². The maximum atomic E-state index is 11.0. The van der Waals surface area contributed by atoms with Crippen molar-refractivity contribution in [3.8, 4) is 6.07 Å². The Morgan fingerprint density at radius 2 is 1.92 bits per heavy atom. The molecule has 4 heteroatoms. The lowest BCUT2D eigenvalue weighted by molar-refractivity contribution is -0.131. The van der Waals surface area contributed by atoms with Crippen LogP contribution in [-0.2, 0) is 4.79 Å². The maximum absolute atomic E-state index is 11.0. The molecule has 1 aromatic rings. The highest BCUT2D eigenvalue weighted by Crippen LogP contribution is 2.07. The van der Waals surface area contributed by atoms with Gasteiger partial charge in [-0.2, -0.15) is 5.26 Å². The predicted molar refractivity (Wildman–Crippen MR) is 43.1 cm³/mol. The number of carboxylic acid groups (broad SMARTS) is 1. The van der Waals surface area contributed by atoms with Gasteiger partial charge >= 0.3 is 5.97 Å². The molecule has 0 fully saturated rings. The van der Waals surface area contributed by atoms with Gasteiger partial charge in [-0.05, 0) is 12.1 Å². The van der Waals surface area contributed by atoms with E-state index in [1.54, 1.807) is 12.1 Å². The molecule has 4 nitrogen and oxygen atoms in total. The molecule has 0 aromatic heterocycles. The maximum Gasteiger partial charge on any atom is 0.377 e. The minimum absolute atomic E-state index is 0.0718. The standard InChI is InChI=1S/C9H5NO3/c10-5-6-3-1-2-4-7(6)8(11)9(12)13/h1-4H,(H,12,13)/i8+1,9+1. The molecule has 0 aliphatic heterocycles. The van der Waals surface area contributed by atoms with Crippen molar-refractivity contribution >= 4 is 11.8 Å². The Bertz CT molecular complexity index is 404. The van der Waals surface area contributed by atoms with Crippen molar-refractivity contribution in [2.75, 3.05) is 0 Å². The summed E-state index contributed by atoms with van der Waals surface area (Å²) in [6.07, 6.45) is 0. The molecule has 13 heavy (non-hydrogen) atoms. The van der Waals surface area contributed by atoms with Gasteiger partial charge in [-0.25, -0.2) is 4.79 Å². The predicted octanol–water partition coefficient (Wildman–Crippen LogP) is 0.826. The van der Waals surface area contributed by atoms with Gasteiger partial charge in [0, 0.05) is 5.56 Å². The Balaban J connectivity index is 3.23. The fourth-order valence-electron chi connectivity index (χ4n) is 0.894. The molecule has 0 amide bonds. The number of carboxylic acids is 1. The Hall–Kier alpha value is -2.15. The molecular formula is C9H5NO3. The van der Waals surface area contributed by atoms with E-state index in [4.69, 9.17) is 10.4 Å². The lowest BCUT2D eigenvalue weighted by Crippen LogP contribution is -2.13. The van der Waals surface area contributed by atoms with Crippen LogP contribution in [0.4, 0.5) is 0 Å². The first-order chi connectivity index (χ1) is 6.16. The number of ketones is 1. The molecule has 1 N–H and O–H groups in total. The summed E-state index contributed by atoms with van der Waals surface area (Å²) in [5.74, 6) is -2.61. The average molecular weight is 177 g/mol. The van der Waals surface area contributed by atoms with Crippen LogP contribution in [0, 0.1) is 11.3 Å². The fraction of sp³-hybridized carbons (Fsp3) is 0. The van der Waals surface area contributed by atoms with E-state index in [1.807, 2.05) is 0 Å². The number of hydrogen-bond donors (Lipinski definition) is 1. The first-order valence-electron chi connectivity index (χ1n) is 3.43. The van der Waals surface area contributed by atoms with Crippen LogP contribution in [0.25, 0.3) is 0 Å². The quantitative estimate of drug-likeness (QED) is 0.412. The second-order valence-electron chi connectivity index (χ2n) is 2.29. The first-order valence-corrected chi connectivity index (χ1v) is 3.43. The summed E-state index contributed by atoms with van der Waals surface area (Å²) in [4.78, 5) is 21.3. The highest BCUT2D eigenvalue weighted by atomic mass is 16.5. The zero-order chi connectivity index (χ0) is 9.84. The molecule has 0 unspecified atom stereocenters. The SMILES string of the molecule is N#Cc1ccccc1[13C](=O)[13C](=O)O. The Morgan fingerprint density at radius 3 is 2.46 bits per heavy atom. The second kappa shape index (κ2) is 3.50. The minimum atomic E-state index is -1.55. The van der Waals surface area contributed by atoms with E-state index in [0.29, 0.717) is 0 Å². The van der Waals surface area contributed by atoms with Crippen LogP contribution in [0.2, 0.25) is 0 Å². The van der Waals surface area contributed by atoms with E-state index in [0.717, 1.165) is 0 Å². The highest BCUT2D eigenvalue weighted by molar-refractivity contribution is 6.40. The van der Waals surface area contributed by atoms with Crippen LogP contribution in [0.15, 0.2) is 24.3 Å². The van der Waals surface area contributed by atoms with Crippen molar-refractivity contribution in [1.82, 2.24) is 0 Å². The van der Waals surface area contributed by atoms with Gasteiger partial charge in [0.05, 0.1) is 11.6 Å². The first kappa shape index (κ1) is 8.94. The van der Waals surface area contributed by atoms with Crippen molar-refractivity contribution in [3.05, 3.63) is 35.4 Å². The molecular weight excluding hydrogens is 172 g/mol. The number of hydrogen-bond acceptors (Lipinski definition) is 3. The van der Waals surface area contributed by atoms with Crippen LogP contribution in [0.5, 0.6) is 0 Å². The number of Topliss-reactive ketones (excluding diaryl/α,β-unsaturated/α-hetero) is 1. The van der Waals surface area contributed by atoms with Crippen molar-refractivity contribution in [2.45, 2.75) is 0 Å². The number of nitriles is 1. The molecule has 0 saturated heterocycles. The molecule has 0 saturated carbocycles. The topological polar surface area (TPSA) is 78.2 Å². The molecule has 0 radical (unpaired) electrons. The van der Waals surface area contributed by atoms with E-state index in [9.17, 15) is 9.59 Å². The Labute approximate surface area is 74.0 Å². The van der Waals surface area contributed by atoms with E-state index >= 15 is 0 Å². The molecule has 0 aliphatic carbocycles. The van der Waals surface area contributed by atoms with Gasteiger partial charge in [0.2, 0.25) is 0 Å². The lowest BCUT2D eigenvalue weighted by atomic mass is 10.2. The zero-order valence-electron chi connectivity index (χ0n) is 6.52. The normalized spacial score (nSPS) is 8.85. The summed E-state index contributed by atoms with van der Waals surface area (Å²) in [7, 11) is 0. The van der Waals surface area contributed by atoms with Crippen molar-refractivity contribution < 1.29 is 14.7 Å². The minimum Gasteiger partial charge on any atom is -0.475 e. The number of carbonyl (C=O) groups is 2. The third-order valence-electron chi connectivity index (χ3n) is 1.49.